The van der Waals surface area contributed by atoms with Crippen LogP contribution in [0.4, 0.5) is 0 Å². The highest BCUT2D eigenvalue weighted by Gasteiger charge is 2.25. The molecule has 3 rings (SSSR count). The zero-order valence-electron chi connectivity index (χ0n) is 15.8. The van der Waals surface area contributed by atoms with Crippen LogP contribution in [0.5, 0.6) is 0 Å². The fourth-order valence-electron chi connectivity index (χ4n) is 3.62. The first-order chi connectivity index (χ1) is 12.8. The third-order valence-corrected chi connectivity index (χ3v) is 6.38. The minimum absolute atomic E-state index is 0.143. The van der Waals surface area contributed by atoms with Crippen molar-refractivity contribution in [2.75, 3.05) is 52.1 Å². The van der Waals surface area contributed by atoms with E-state index in [9.17, 15) is 18.0 Å². The van der Waals surface area contributed by atoms with Crippen LogP contribution in [-0.4, -0.2) is 87.0 Å². The van der Waals surface area contributed by atoms with E-state index in [2.05, 4.69) is 4.90 Å². The van der Waals surface area contributed by atoms with Gasteiger partial charge >= 0.3 is 0 Å². The topological polar surface area (TPSA) is 78.0 Å². The maximum absolute atomic E-state index is 12.7. The van der Waals surface area contributed by atoms with E-state index in [1.54, 1.807) is 17.0 Å². The lowest BCUT2D eigenvalue weighted by molar-refractivity contribution is -0.133. The van der Waals surface area contributed by atoms with E-state index in [-0.39, 0.29) is 16.7 Å². The molecule has 7 nitrogen and oxygen atoms in total. The summed E-state index contributed by atoms with van der Waals surface area (Å²) in [4.78, 5) is 31.0. The number of hydrogen-bond donors (Lipinski definition) is 0. The summed E-state index contributed by atoms with van der Waals surface area (Å²) < 4.78 is 23.4. The van der Waals surface area contributed by atoms with Crippen LogP contribution < -0.4 is 0 Å². The Bertz CT molecular complexity index is 795. The number of carbonyl (C=O) groups excluding carboxylic acids is 2. The third kappa shape index (κ3) is 5.07. The molecule has 0 saturated carbocycles. The summed E-state index contributed by atoms with van der Waals surface area (Å²) in [6.07, 6.45) is 4.10. The molecule has 2 amide bonds. The summed E-state index contributed by atoms with van der Waals surface area (Å²) in [6.45, 7) is 4.97. The van der Waals surface area contributed by atoms with E-state index >= 15 is 0 Å². The normalized spacial score (nSPS) is 18.7. The lowest BCUT2D eigenvalue weighted by Crippen LogP contribution is -2.51. The van der Waals surface area contributed by atoms with Crippen molar-refractivity contribution in [1.82, 2.24) is 14.7 Å². The molecule has 0 bridgehead atoms. The lowest BCUT2D eigenvalue weighted by atomic mass is 10.1. The van der Waals surface area contributed by atoms with Crippen molar-refractivity contribution in [2.24, 2.45) is 0 Å². The molecule has 0 spiro atoms. The van der Waals surface area contributed by atoms with Crippen LogP contribution in [0.3, 0.4) is 0 Å². The Morgan fingerprint density at radius 2 is 1.59 bits per heavy atom. The minimum Gasteiger partial charge on any atom is -0.339 e. The Labute approximate surface area is 160 Å². The Hall–Kier alpha value is -1.93. The number of likely N-dealkylation sites (tertiary alicyclic amines) is 1. The van der Waals surface area contributed by atoms with E-state index in [0.29, 0.717) is 38.2 Å². The van der Waals surface area contributed by atoms with E-state index in [1.165, 1.54) is 25.0 Å². The summed E-state index contributed by atoms with van der Waals surface area (Å²) in [5.74, 6) is -0.0438. The smallest absolute Gasteiger partial charge is 0.254 e. The first kappa shape index (κ1) is 19.8. The number of benzene rings is 1. The molecule has 8 heteroatoms. The number of amides is 2. The van der Waals surface area contributed by atoms with Gasteiger partial charge in [0.05, 0.1) is 4.90 Å². The number of nitrogens with zero attached hydrogens (tertiary/aromatic N) is 3. The molecule has 2 aliphatic rings. The second-order valence-electron chi connectivity index (χ2n) is 7.27. The van der Waals surface area contributed by atoms with Crippen LogP contribution in [0.1, 0.15) is 29.6 Å². The first-order valence-electron chi connectivity index (χ1n) is 9.44. The number of piperazine rings is 1. The molecular formula is C19H27N3O4S. The van der Waals surface area contributed by atoms with Gasteiger partial charge in [-0.15, -0.1) is 0 Å². The monoisotopic (exact) mass is 393 g/mol. The van der Waals surface area contributed by atoms with Gasteiger partial charge in [-0.3, -0.25) is 9.59 Å². The van der Waals surface area contributed by atoms with E-state index < -0.39 is 9.84 Å². The lowest BCUT2D eigenvalue weighted by Gasteiger charge is -2.35. The van der Waals surface area contributed by atoms with Crippen LogP contribution in [0, 0.1) is 0 Å². The number of hydrogen-bond acceptors (Lipinski definition) is 5. The molecule has 2 fully saturated rings. The van der Waals surface area contributed by atoms with Gasteiger partial charge in [-0.1, -0.05) is 6.07 Å². The third-order valence-electron chi connectivity index (χ3n) is 5.27. The van der Waals surface area contributed by atoms with Crippen LogP contribution >= 0.6 is 0 Å². The van der Waals surface area contributed by atoms with Gasteiger partial charge in [0.2, 0.25) is 5.91 Å². The maximum atomic E-state index is 12.7. The molecule has 0 aromatic heterocycles. The van der Waals surface area contributed by atoms with Crippen molar-refractivity contribution in [3.8, 4) is 0 Å². The summed E-state index contributed by atoms with van der Waals surface area (Å²) in [7, 11) is -3.35. The quantitative estimate of drug-likeness (QED) is 0.742. The molecule has 1 aromatic carbocycles. The highest BCUT2D eigenvalue weighted by atomic mass is 32.2. The SMILES string of the molecule is CS(=O)(=O)c1cccc(C(=O)N2CCN(C(=O)CCN3CCCC3)CC2)c1. The molecule has 27 heavy (non-hydrogen) atoms. The van der Waals surface area contributed by atoms with Crippen molar-refractivity contribution in [2.45, 2.75) is 24.2 Å². The van der Waals surface area contributed by atoms with Crippen LogP contribution in [-0.2, 0) is 14.6 Å². The van der Waals surface area contributed by atoms with Crippen molar-refractivity contribution in [1.29, 1.82) is 0 Å². The van der Waals surface area contributed by atoms with E-state index in [1.807, 2.05) is 4.90 Å². The highest BCUT2D eigenvalue weighted by Crippen LogP contribution is 2.15. The summed E-state index contributed by atoms with van der Waals surface area (Å²) in [6, 6.07) is 6.13. The predicted octanol–water partition coefficient (Wildman–Crippen LogP) is 0.860. The molecule has 148 valence electrons. The standard InChI is InChI=1S/C19H27N3O4S/c1-27(25,26)17-6-4-5-16(15-17)19(24)22-13-11-21(12-14-22)18(23)7-10-20-8-2-3-9-20/h4-6,15H,2-3,7-14H2,1H3. The van der Waals surface area contributed by atoms with Gasteiger partial charge in [-0.25, -0.2) is 8.42 Å². The molecular weight excluding hydrogens is 366 g/mol. The maximum Gasteiger partial charge on any atom is 0.254 e. The van der Waals surface area contributed by atoms with Gasteiger partial charge in [0.25, 0.3) is 5.91 Å². The molecule has 2 aliphatic heterocycles. The fraction of sp³-hybridized carbons (Fsp3) is 0.579. The van der Waals surface area contributed by atoms with Gasteiger partial charge in [0.15, 0.2) is 9.84 Å². The Morgan fingerprint density at radius 1 is 0.963 bits per heavy atom. The van der Waals surface area contributed by atoms with Gasteiger partial charge in [-0.05, 0) is 44.1 Å². The summed E-state index contributed by atoms with van der Waals surface area (Å²) in [5.41, 5.74) is 0.367. The molecule has 0 N–H and O–H groups in total. The number of sulfone groups is 1. The Morgan fingerprint density at radius 3 is 2.22 bits per heavy atom. The highest BCUT2D eigenvalue weighted by molar-refractivity contribution is 7.90. The van der Waals surface area contributed by atoms with Crippen molar-refractivity contribution in [3.05, 3.63) is 29.8 Å². The number of carbonyl (C=O) groups is 2. The minimum atomic E-state index is -3.35. The molecule has 0 atom stereocenters. The van der Waals surface area contributed by atoms with Crippen molar-refractivity contribution < 1.29 is 18.0 Å². The van der Waals surface area contributed by atoms with Gasteiger partial charge < -0.3 is 14.7 Å². The molecule has 0 radical (unpaired) electrons. The van der Waals surface area contributed by atoms with Crippen LogP contribution in [0.2, 0.25) is 0 Å². The summed E-state index contributed by atoms with van der Waals surface area (Å²) in [5, 5.41) is 0. The average Bonchev–Trinajstić information content (AvgIpc) is 3.19. The molecule has 2 heterocycles. The zero-order chi connectivity index (χ0) is 19.4. The molecule has 2 saturated heterocycles. The van der Waals surface area contributed by atoms with E-state index in [4.69, 9.17) is 0 Å². The number of rotatable bonds is 5. The second-order valence-corrected chi connectivity index (χ2v) is 9.29. The average molecular weight is 394 g/mol. The van der Waals surface area contributed by atoms with Crippen LogP contribution in [0.25, 0.3) is 0 Å². The Balaban J connectivity index is 1.52. The first-order valence-corrected chi connectivity index (χ1v) is 11.3. The molecule has 0 unspecified atom stereocenters. The molecule has 1 aromatic rings. The van der Waals surface area contributed by atoms with Crippen LogP contribution in [0.15, 0.2) is 29.2 Å². The zero-order valence-corrected chi connectivity index (χ0v) is 16.6. The molecule has 0 aliphatic carbocycles. The van der Waals surface area contributed by atoms with Gasteiger partial charge in [0, 0.05) is 51.0 Å². The van der Waals surface area contributed by atoms with Crippen molar-refractivity contribution in [3.63, 3.8) is 0 Å². The van der Waals surface area contributed by atoms with Gasteiger partial charge in [-0.2, -0.15) is 0 Å². The second kappa shape index (κ2) is 8.39. The van der Waals surface area contributed by atoms with Crippen molar-refractivity contribution >= 4 is 21.7 Å². The predicted molar refractivity (Wildman–Crippen MR) is 102 cm³/mol. The van der Waals surface area contributed by atoms with Gasteiger partial charge in [0.1, 0.15) is 0 Å². The largest absolute Gasteiger partial charge is 0.339 e. The fourth-order valence-corrected chi connectivity index (χ4v) is 4.29. The van der Waals surface area contributed by atoms with E-state index in [0.717, 1.165) is 25.9 Å². The Kier molecular flexibility index (Phi) is 6.16. The summed E-state index contributed by atoms with van der Waals surface area (Å²) >= 11 is 0.